The second-order valence-corrected chi connectivity index (χ2v) is 3.10. The summed E-state index contributed by atoms with van der Waals surface area (Å²) in [4.78, 5) is 22.2. The minimum atomic E-state index is -0.528. The van der Waals surface area contributed by atoms with Crippen molar-refractivity contribution in [2.24, 2.45) is 11.8 Å². The number of aliphatic hydroxyl groups excluding tert-OH is 2. The minimum absolute atomic E-state index is 0.0839. The first-order valence-electron chi connectivity index (χ1n) is 3.96. The van der Waals surface area contributed by atoms with Crippen LogP contribution in [-0.4, -0.2) is 35.0 Å². The number of hydrogen-bond donors (Lipinski definition) is 2. The first-order chi connectivity index (χ1) is 5.69. The molecular formula is C8H12O4. The second kappa shape index (κ2) is 3.78. The van der Waals surface area contributed by atoms with E-state index in [2.05, 4.69) is 0 Å². The quantitative estimate of drug-likeness (QED) is 0.568. The SMILES string of the molecule is O=C1CC(CO)C(=O)CC1CO. The summed E-state index contributed by atoms with van der Waals surface area (Å²) in [6, 6.07) is 0. The Balaban J connectivity index is 2.61. The monoisotopic (exact) mass is 172 g/mol. The van der Waals surface area contributed by atoms with Crippen LogP contribution in [0.1, 0.15) is 12.8 Å². The normalized spacial score (nSPS) is 30.8. The van der Waals surface area contributed by atoms with E-state index >= 15 is 0 Å². The van der Waals surface area contributed by atoms with Crippen LogP contribution in [0.25, 0.3) is 0 Å². The van der Waals surface area contributed by atoms with Crippen molar-refractivity contribution in [1.29, 1.82) is 0 Å². The predicted octanol–water partition coefficient (Wildman–Crippen LogP) is -0.865. The average Bonchev–Trinajstić information content (AvgIpc) is 2.08. The smallest absolute Gasteiger partial charge is 0.139 e. The third-order valence-corrected chi connectivity index (χ3v) is 2.25. The first kappa shape index (κ1) is 9.35. The maximum absolute atomic E-state index is 11.1. The lowest BCUT2D eigenvalue weighted by Gasteiger charge is -2.23. The van der Waals surface area contributed by atoms with Crippen molar-refractivity contribution in [3.05, 3.63) is 0 Å². The van der Waals surface area contributed by atoms with Gasteiger partial charge in [-0.05, 0) is 0 Å². The minimum Gasteiger partial charge on any atom is -0.396 e. The highest BCUT2D eigenvalue weighted by Gasteiger charge is 2.33. The van der Waals surface area contributed by atoms with Crippen LogP contribution in [0.15, 0.2) is 0 Å². The Hall–Kier alpha value is -0.740. The lowest BCUT2D eigenvalue weighted by molar-refractivity contribution is -0.139. The Morgan fingerprint density at radius 2 is 1.33 bits per heavy atom. The Morgan fingerprint density at radius 3 is 1.58 bits per heavy atom. The molecule has 12 heavy (non-hydrogen) atoms. The summed E-state index contributed by atoms with van der Waals surface area (Å²) in [5, 5.41) is 17.4. The van der Waals surface area contributed by atoms with Crippen LogP contribution in [0.3, 0.4) is 0 Å². The number of hydrogen-bond acceptors (Lipinski definition) is 4. The van der Waals surface area contributed by atoms with Crippen molar-refractivity contribution in [2.75, 3.05) is 13.2 Å². The molecule has 68 valence electrons. The molecule has 1 fully saturated rings. The molecule has 0 aromatic rings. The lowest BCUT2D eigenvalue weighted by Crippen LogP contribution is -2.35. The molecule has 4 nitrogen and oxygen atoms in total. The standard InChI is InChI=1S/C8H12O4/c9-3-5-1-7(11)6(4-10)2-8(5)12/h5-6,9-10H,1-4H2. The maximum atomic E-state index is 11.1. The van der Waals surface area contributed by atoms with Crippen LogP contribution in [0, 0.1) is 11.8 Å². The molecule has 0 bridgehead atoms. The highest BCUT2D eigenvalue weighted by atomic mass is 16.3. The van der Waals surface area contributed by atoms with Gasteiger partial charge in [-0.25, -0.2) is 0 Å². The van der Waals surface area contributed by atoms with E-state index in [-0.39, 0.29) is 37.6 Å². The van der Waals surface area contributed by atoms with Crippen LogP contribution in [0.2, 0.25) is 0 Å². The van der Waals surface area contributed by atoms with Crippen LogP contribution >= 0.6 is 0 Å². The van der Waals surface area contributed by atoms with Gasteiger partial charge in [0.25, 0.3) is 0 Å². The molecule has 1 aliphatic carbocycles. The van der Waals surface area contributed by atoms with Crippen molar-refractivity contribution < 1.29 is 19.8 Å². The summed E-state index contributed by atoms with van der Waals surface area (Å²) in [6.45, 7) is -0.522. The maximum Gasteiger partial charge on any atom is 0.139 e. The molecule has 0 amide bonds. The molecule has 1 saturated carbocycles. The van der Waals surface area contributed by atoms with Crippen molar-refractivity contribution in [2.45, 2.75) is 12.8 Å². The lowest BCUT2D eigenvalue weighted by atomic mass is 9.81. The Kier molecular flexibility index (Phi) is 2.94. The van der Waals surface area contributed by atoms with E-state index in [4.69, 9.17) is 10.2 Å². The van der Waals surface area contributed by atoms with Crippen LogP contribution < -0.4 is 0 Å². The fourth-order valence-electron chi connectivity index (χ4n) is 1.38. The average molecular weight is 172 g/mol. The third-order valence-electron chi connectivity index (χ3n) is 2.25. The fourth-order valence-corrected chi connectivity index (χ4v) is 1.38. The molecule has 1 rings (SSSR count). The molecule has 1 aliphatic rings. The zero-order valence-electron chi connectivity index (χ0n) is 6.69. The van der Waals surface area contributed by atoms with Gasteiger partial charge in [-0.15, -0.1) is 0 Å². The van der Waals surface area contributed by atoms with Gasteiger partial charge < -0.3 is 10.2 Å². The van der Waals surface area contributed by atoms with Gasteiger partial charge in [0.05, 0.1) is 13.2 Å². The van der Waals surface area contributed by atoms with E-state index in [0.717, 1.165) is 0 Å². The summed E-state index contributed by atoms with van der Waals surface area (Å²) in [5.41, 5.74) is 0. The number of rotatable bonds is 2. The molecule has 2 atom stereocenters. The predicted molar refractivity (Wildman–Crippen MR) is 40.4 cm³/mol. The molecule has 0 aliphatic heterocycles. The van der Waals surface area contributed by atoms with Crippen LogP contribution in [-0.2, 0) is 9.59 Å². The van der Waals surface area contributed by atoms with E-state index in [0.29, 0.717) is 0 Å². The number of carbonyl (C=O) groups excluding carboxylic acids is 2. The van der Waals surface area contributed by atoms with Crippen molar-refractivity contribution in [3.63, 3.8) is 0 Å². The highest BCUT2D eigenvalue weighted by Crippen LogP contribution is 2.22. The summed E-state index contributed by atoms with van der Waals surface area (Å²) in [5.74, 6) is -1.28. The molecular weight excluding hydrogens is 160 g/mol. The Morgan fingerprint density at radius 1 is 1.00 bits per heavy atom. The molecule has 0 saturated heterocycles. The highest BCUT2D eigenvalue weighted by molar-refractivity contribution is 5.96. The second-order valence-electron chi connectivity index (χ2n) is 3.10. The van der Waals surface area contributed by atoms with Crippen LogP contribution in [0.5, 0.6) is 0 Å². The van der Waals surface area contributed by atoms with Crippen molar-refractivity contribution in [1.82, 2.24) is 0 Å². The Labute approximate surface area is 70.2 Å². The molecule has 4 heteroatoms. The zero-order chi connectivity index (χ0) is 9.14. The summed E-state index contributed by atoms with van der Waals surface area (Å²) >= 11 is 0. The largest absolute Gasteiger partial charge is 0.396 e. The number of ketones is 2. The first-order valence-corrected chi connectivity index (χ1v) is 3.96. The van der Waals surface area contributed by atoms with E-state index in [1.54, 1.807) is 0 Å². The van der Waals surface area contributed by atoms with Crippen molar-refractivity contribution >= 4 is 11.6 Å². The number of carbonyl (C=O) groups is 2. The summed E-state index contributed by atoms with van der Waals surface area (Å²) < 4.78 is 0. The molecule has 0 spiro atoms. The third kappa shape index (κ3) is 1.70. The van der Waals surface area contributed by atoms with Gasteiger partial charge in [-0.3, -0.25) is 9.59 Å². The van der Waals surface area contributed by atoms with Gasteiger partial charge in [0, 0.05) is 24.7 Å². The van der Waals surface area contributed by atoms with Crippen LogP contribution in [0.4, 0.5) is 0 Å². The summed E-state index contributed by atoms with van der Waals surface area (Å²) in [7, 11) is 0. The number of Topliss-reactive ketones (excluding diaryl/α,β-unsaturated/α-hetero) is 2. The van der Waals surface area contributed by atoms with E-state index in [1.807, 2.05) is 0 Å². The molecule has 0 heterocycles. The molecule has 0 aromatic carbocycles. The fraction of sp³-hybridized carbons (Fsp3) is 0.750. The Bertz CT molecular complexity index is 177. The van der Waals surface area contributed by atoms with E-state index in [1.165, 1.54) is 0 Å². The van der Waals surface area contributed by atoms with Gasteiger partial charge in [-0.1, -0.05) is 0 Å². The molecule has 2 N–H and O–H groups in total. The summed E-state index contributed by atoms with van der Waals surface area (Å²) in [6.07, 6.45) is 0.168. The van der Waals surface area contributed by atoms with Gasteiger partial charge in [0.1, 0.15) is 11.6 Å². The van der Waals surface area contributed by atoms with Gasteiger partial charge in [0.2, 0.25) is 0 Å². The van der Waals surface area contributed by atoms with Gasteiger partial charge >= 0.3 is 0 Å². The van der Waals surface area contributed by atoms with Crippen molar-refractivity contribution in [3.8, 4) is 0 Å². The number of aliphatic hydroxyl groups is 2. The topological polar surface area (TPSA) is 74.6 Å². The molecule has 0 aromatic heterocycles. The van der Waals surface area contributed by atoms with E-state index in [9.17, 15) is 9.59 Å². The van der Waals surface area contributed by atoms with E-state index < -0.39 is 11.8 Å². The molecule has 0 radical (unpaired) electrons. The molecule has 2 unspecified atom stereocenters. The van der Waals surface area contributed by atoms with Gasteiger partial charge in [-0.2, -0.15) is 0 Å². The van der Waals surface area contributed by atoms with Gasteiger partial charge in [0.15, 0.2) is 0 Å². The zero-order valence-corrected chi connectivity index (χ0v) is 6.69.